The number of anilines is 2. The minimum absolute atomic E-state index is 0.304. The molecular formula is C15H17N3O. The van der Waals surface area contributed by atoms with Crippen molar-refractivity contribution in [2.45, 2.75) is 12.8 Å². The van der Waals surface area contributed by atoms with Gasteiger partial charge >= 0.3 is 0 Å². The van der Waals surface area contributed by atoms with E-state index in [0.29, 0.717) is 24.2 Å². The number of rotatable bonds is 4. The fourth-order valence-corrected chi connectivity index (χ4v) is 2.11. The number of nitrogen functional groups attached to an aromatic ring is 2. The van der Waals surface area contributed by atoms with Gasteiger partial charge < -0.3 is 17.2 Å². The number of carbonyl (C=O) groups is 1. The molecular weight excluding hydrogens is 238 g/mol. The van der Waals surface area contributed by atoms with Gasteiger partial charge in [0.15, 0.2) is 0 Å². The first-order chi connectivity index (χ1) is 9.06. The minimum Gasteiger partial charge on any atom is -0.399 e. The molecule has 0 saturated carbocycles. The van der Waals surface area contributed by atoms with Crippen molar-refractivity contribution in [3.8, 4) is 11.1 Å². The van der Waals surface area contributed by atoms with Crippen molar-refractivity contribution in [2.24, 2.45) is 5.73 Å². The third-order valence-electron chi connectivity index (χ3n) is 2.95. The van der Waals surface area contributed by atoms with Crippen LogP contribution in [0, 0.1) is 0 Å². The highest BCUT2D eigenvalue weighted by Gasteiger charge is 2.07. The number of nitrogens with two attached hydrogens (primary N) is 3. The SMILES string of the molecule is NC(=O)CCc1ccccc1-c1cc(N)cc(N)c1. The molecule has 0 aromatic heterocycles. The van der Waals surface area contributed by atoms with Crippen LogP contribution >= 0.6 is 0 Å². The second kappa shape index (κ2) is 5.44. The van der Waals surface area contributed by atoms with Crippen LogP contribution in [0.3, 0.4) is 0 Å². The number of carbonyl (C=O) groups excluding carboxylic acids is 1. The molecule has 0 bridgehead atoms. The molecule has 0 saturated heterocycles. The van der Waals surface area contributed by atoms with Crippen molar-refractivity contribution in [3.05, 3.63) is 48.0 Å². The molecule has 0 aliphatic rings. The molecule has 0 aliphatic heterocycles. The molecule has 0 fully saturated rings. The summed E-state index contributed by atoms with van der Waals surface area (Å²) in [7, 11) is 0. The van der Waals surface area contributed by atoms with E-state index < -0.39 is 0 Å². The maximum Gasteiger partial charge on any atom is 0.217 e. The molecule has 4 nitrogen and oxygen atoms in total. The van der Waals surface area contributed by atoms with Gasteiger partial charge in [-0.2, -0.15) is 0 Å². The summed E-state index contributed by atoms with van der Waals surface area (Å²) < 4.78 is 0. The predicted molar refractivity (Wildman–Crippen MR) is 78.2 cm³/mol. The summed E-state index contributed by atoms with van der Waals surface area (Å²) in [6.45, 7) is 0. The Labute approximate surface area is 112 Å². The zero-order valence-electron chi connectivity index (χ0n) is 10.6. The number of hydrogen-bond donors (Lipinski definition) is 3. The Balaban J connectivity index is 2.40. The molecule has 0 aliphatic carbocycles. The molecule has 0 atom stereocenters. The average Bonchev–Trinajstić information content (AvgIpc) is 2.35. The molecule has 0 heterocycles. The van der Waals surface area contributed by atoms with Gasteiger partial charge in [0, 0.05) is 17.8 Å². The molecule has 2 rings (SSSR count). The maximum atomic E-state index is 10.9. The number of aryl methyl sites for hydroxylation is 1. The Bertz CT molecular complexity index is 588. The monoisotopic (exact) mass is 255 g/mol. The Morgan fingerprint density at radius 1 is 1.00 bits per heavy atom. The van der Waals surface area contributed by atoms with Gasteiger partial charge in [0.25, 0.3) is 0 Å². The van der Waals surface area contributed by atoms with Crippen LogP contribution in [-0.4, -0.2) is 5.91 Å². The summed E-state index contributed by atoms with van der Waals surface area (Å²) in [6, 6.07) is 13.3. The van der Waals surface area contributed by atoms with Gasteiger partial charge in [0.1, 0.15) is 0 Å². The summed E-state index contributed by atoms with van der Waals surface area (Å²) in [5.41, 5.74) is 21.1. The molecule has 2 aromatic rings. The Hall–Kier alpha value is -2.49. The normalized spacial score (nSPS) is 10.3. The van der Waals surface area contributed by atoms with E-state index in [2.05, 4.69) is 0 Å². The Morgan fingerprint density at radius 3 is 2.26 bits per heavy atom. The van der Waals surface area contributed by atoms with E-state index in [1.54, 1.807) is 6.07 Å². The van der Waals surface area contributed by atoms with Crippen LogP contribution < -0.4 is 17.2 Å². The van der Waals surface area contributed by atoms with E-state index >= 15 is 0 Å². The van der Waals surface area contributed by atoms with Crippen LogP contribution in [-0.2, 0) is 11.2 Å². The zero-order valence-corrected chi connectivity index (χ0v) is 10.6. The van der Waals surface area contributed by atoms with Gasteiger partial charge in [-0.1, -0.05) is 24.3 Å². The van der Waals surface area contributed by atoms with Gasteiger partial charge in [-0.15, -0.1) is 0 Å². The van der Waals surface area contributed by atoms with E-state index in [1.165, 1.54) is 0 Å². The molecule has 6 N–H and O–H groups in total. The first-order valence-corrected chi connectivity index (χ1v) is 6.09. The lowest BCUT2D eigenvalue weighted by Crippen LogP contribution is -2.11. The van der Waals surface area contributed by atoms with Gasteiger partial charge in [-0.05, 0) is 41.3 Å². The highest BCUT2D eigenvalue weighted by atomic mass is 16.1. The van der Waals surface area contributed by atoms with Crippen LogP contribution in [0.2, 0.25) is 0 Å². The van der Waals surface area contributed by atoms with E-state index in [0.717, 1.165) is 16.7 Å². The van der Waals surface area contributed by atoms with Crippen LogP contribution in [0.4, 0.5) is 11.4 Å². The minimum atomic E-state index is -0.304. The summed E-state index contributed by atoms with van der Waals surface area (Å²) in [5.74, 6) is -0.304. The van der Waals surface area contributed by atoms with Crippen molar-refractivity contribution in [1.82, 2.24) is 0 Å². The van der Waals surface area contributed by atoms with Crippen molar-refractivity contribution < 1.29 is 4.79 Å². The van der Waals surface area contributed by atoms with E-state index in [9.17, 15) is 4.79 Å². The number of hydrogen-bond acceptors (Lipinski definition) is 3. The lowest BCUT2D eigenvalue weighted by Gasteiger charge is -2.10. The van der Waals surface area contributed by atoms with Crippen molar-refractivity contribution in [2.75, 3.05) is 11.5 Å². The van der Waals surface area contributed by atoms with E-state index in [4.69, 9.17) is 17.2 Å². The molecule has 0 radical (unpaired) electrons. The van der Waals surface area contributed by atoms with Crippen LogP contribution in [0.1, 0.15) is 12.0 Å². The molecule has 1 amide bonds. The van der Waals surface area contributed by atoms with Crippen LogP contribution in [0.5, 0.6) is 0 Å². The third kappa shape index (κ3) is 3.25. The van der Waals surface area contributed by atoms with Gasteiger partial charge in [-0.3, -0.25) is 4.79 Å². The average molecular weight is 255 g/mol. The molecule has 0 unspecified atom stereocenters. The van der Waals surface area contributed by atoms with Gasteiger partial charge in [0.2, 0.25) is 5.91 Å². The fourth-order valence-electron chi connectivity index (χ4n) is 2.11. The third-order valence-corrected chi connectivity index (χ3v) is 2.95. The molecule has 0 spiro atoms. The largest absolute Gasteiger partial charge is 0.399 e. The van der Waals surface area contributed by atoms with Crippen molar-refractivity contribution in [1.29, 1.82) is 0 Å². The predicted octanol–water partition coefficient (Wildman–Crippen LogP) is 1.94. The smallest absolute Gasteiger partial charge is 0.217 e. The summed E-state index contributed by atoms with van der Waals surface area (Å²) in [5, 5.41) is 0. The highest BCUT2D eigenvalue weighted by Crippen LogP contribution is 2.28. The zero-order chi connectivity index (χ0) is 13.8. The first-order valence-electron chi connectivity index (χ1n) is 6.09. The second-order valence-corrected chi connectivity index (χ2v) is 4.51. The first kappa shape index (κ1) is 13.0. The maximum absolute atomic E-state index is 10.9. The van der Waals surface area contributed by atoms with Gasteiger partial charge in [-0.25, -0.2) is 0 Å². The van der Waals surface area contributed by atoms with Gasteiger partial charge in [0.05, 0.1) is 0 Å². The van der Waals surface area contributed by atoms with Crippen LogP contribution in [0.25, 0.3) is 11.1 Å². The summed E-state index contributed by atoms with van der Waals surface area (Å²) in [6.07, 6.45) is 0.940. The number of benzene rings is 2. The summed E-state index contributed by atoms with van der Waals surface area (Å²) in [4.78, 5) is 10.9. The topological polar surface area (TPSA) is 95.1 Å². The molecule has 4 heteroatoms. The number of primary amides is 1. The molecule has 2 aromatic carbocycles. The highest BCUT2D eigenvalue weighted by molar-refractivity contribution is 5.77. The van der Waals surface area contributed by atoms with E-state index in [-0.39, 0.29) is 5.91 Å². The summed E-state index contributed by atoms with van der Waals surface area (Å²) >= 11 is 0. The number of amides is 1. The van der Waals surface area contributed by atoms with Crippen LogP contribution in [0.15, 0.2) is 42.5 Å². The molecule has 98 valence electrons. The standard InChI is InChI=1S/C15H17N3O/c16-12-7-11(8-13(17)9-12)14-4-2-1-3-10(14)5-6-15(18)19/h1-4,7-9H,5-6,16-17H2,(H2,18,19). The molecule has 19 heavy (non-hydrogen) atoms. The Kier molecular flexibility index (Phi) is 3.71. The van der Waals surface area contributed by atoms with E-state index in [1.807, 2.05) is 36.4 Å². The second-order valence-electron chi connectivity index (χ2n) is 4.51. The van der Waals surface area contributed by atoms with Crippen molar-refractivity contribution >= 4 is 17.3 Å². The lowest BCUT2D eigenvalue weighted by molar-refractivity contribution is -0.117. The Morgan fingerprint density at radius 2 is 1.63 bits per heavy atom. The lowest BCUT2D eigenvalue weighted by atomic mass is 9.96. The van der Waals surface area contributed by atoms with Crippen molar-refractivity contribution in [3.63, 3.8) is 0 Å². The quantitative estimate of drug-likeness (QED) is 0.728. The fraction of sp³-hybridized carbons (Fsp3) is 0.133.